The molecule has 1 saturated heterocycles. The van der Waals surface area contributed by atoms with Gasteiger partial charge in [-0.25, -0.2) is 9.78 Å². The number of hydrogen-bond acceptors (Lipinski definition) is 11. The van der Waals surface area contributed by atoms with E-state index in [2.05, 4.69) is 46.9 Å². The molecule has 1 aliphatic heterocycles. The standard InChI is InChI=1S/C46H73N13O9/c1-8-15-30(53-40(63)35(26(3)4)57-38(61)31(18-13-20-51-45(47)48)56-44(68)46(6,7)49)37(60)58-36(27(5)9-2)41(64)54-32(23-29-24-50-25-52-29)42(65)59-21-14-19-34(59)39(62)55-33(43(66)67)22-28-16-11-10-12-17-28/h10-12,16-17,24-27,30-36H,8-9,13-15,18-23,49H2,1-7H3,(H,50,52)(H,53,63)(H,54,64)(H,55,62)(H,56,68)(H,57,61)(H,58,60)(H,66,67)(H4,47,48,51)/t27-,30-,31-,32-,33-,34-,35-,36-/m0/s1. The molecule has 1 aromatic carbocycles. The number of aliphatic carboxylic acids is 1. The number of nitrogens with zero attached hydrogens (tertiary/aromatic N) is 3. The van der Waals surface area contributed by atoms with E-state index in [1.54, 1.807) is 51.1 Å². The molecule has 68 heavy (non-hydrogen) atoms. The van der Waals surface area contributed by atoms with E-state index in [0.29, 0.717) is 36.9 Å². The fourth-order valence-electron chi connectivity index (χ4n) is 7.58. The third-order valence-corrected chi connectivity index (χ3v) is 11.7. The number of H-pyrrole nitrogens is 1. The van der Waals surface area contributed by atoms with Crippen LogP contribution >= 0.6 is 0 Å². The highest BCUT2D eigenvalue weighted by atomic mass is 16.4. The van der Waals surface area contributed by atoms with Gasteiger partial charge < -0.3 is 64.1 Å². The molecular formula is C46H73N13O9. The van der Waals surface area contributed by atoms with Crippen molar-refractivity contribution in [3.8, 4) is 0 Å². The first-order chi connectivity index (χ1) is 32.1. The first-order valence-corrected chi connectivity index (χ1v) is 23.3. The van der Waals surface area contributed by atoms with Crippen molar-refractivity contribution in [1.29, 1.82) is 0 Å². The van der Waals surface area contributed by atoms with Gasteiger partial charge in [-0.15, -0.1) is 0 Å². The maximum Gasteiger partial charge on any atom is 0.326 e. The third kappa shape index (κ3) is 17.3. The minimum Gasteiger partial charge on any atom is -0.480 e. The van der Waals surface area contributed by atoms with Crippen molar-refractivity contribution in [3.63, 3.8) is 0 Å². The van der Waals surface area contributed by atoms with Crippen molar-refractivity contribution in [2.24, 2.45) is 34.0 Å². The van der Waals surface area contributed by atoms with Crippen LogP contribution in [0.15, 0.2) is 47.8 Å². The average molecular weight is 952 g/mol. The summed E-state index contributed by atoms with van der Waals surface area (Å²) in [5.74, 6) is -6.87. The number of carbonyl (C=O) groups is 8. The van der Waals surface area contributed by atoms with Crippen molar-refractivity contribution in [1.82, 2.24) is 46.8 Å². The number of hydrogen-bond donors (Lipinski definition) is 11. The minimum atomic E-state index is -1.32. The zero-order chi connectivity index (χ0) is 50.7. The fraction of sp³-hybridized carbons (Fsp3) is 0.609. The summed E-state index contributed by atoms with van der Waals surface area (Å²) < 4.78 is 0. The Hall–Kier alpha value is -6.58. The Bertz CT molecular complexity index is 2040. The maximum atomic E-state index is 14.4. The molecular weight excluding hydrogens is 879 g/mol. The first kappa shape index (κ1) is 55.7. The van der Waals surface area contributed by atoms with Crippen molar-refractivity contribution < 1.29 is 43.5 Å². The lowest BCUT2D eigenvalue weighted by molar-refractivity contribution is -0.145. The largest absolute Gasteiger partial charge is 0.480 e. The van der Waals surface area contributed by atoms with Gasteiger partial charge in [0.05, 0.1) is 11.9 Å². The molecule has 376 valence electrons. The van der Waals surface area contributed by atoms with E-state index in [1.807, 2.05) is 13.8 Å². The molecule has 0 bridgehead atoms. The Kier molecular flexibility index (Phi) is 21.9. The lowest BCUT2D eigenvalue weighted by atomic mass is 9.96. The second-order valence-electron chi connectivity index (χ2n) is 18.3. The monoisotopic (exact) mass is 952 g/mol. The Labute approximate surface area is 397 Å². The Morgan fingerprint density at radius 2 is 1.44 bits per heavy atom. The number of aromatic amines is 1. The quantitative estimate of drug-likeness (QED) is 0.0305. The maximum absolute atomic E-state index is 14.4. The van der Waals surface area contributed by atoms with Crippen LogP contribution in [0, 0.1) is 11.8 Å². The molecule has 22 nitrogen and oxygen atoms in total. The summed E-state index contributed by atoms with van der Waals surface area (Å²) in [6, 6.07) is 0.720. The van der Waals surface area contributed by atoms with E-state index in [1.165, 1.54) is 31.3 Å². The number of imidazole rings is 1. The molecule has 22 heteroatoms. The number of likely N-dealkylation sites (tertiary alicyclic amines) is 1. The highest BCUT2D eigenvalue weighted by Gasteiger charge is 2.41. The molecule has 0 spiro atoms. The number of carboxylic acid groups (broad SMARTS) is 1. The van der Waals surface area contributed by atoms with Gasteiger partial charge in [0.25, 0.3) is 0 Å². The average Bonchev–Trinajstić information content (AvgIpc) is 4.00. The first-order valence-electron chi connectivity index (χ1n) is 23.3. The van der Waals surface area contributed by atoms with Crippen molar-refractivity contribution in [3.05, 3.63) is 54.1 Å². The van der Waals surface area contributed by atoms with E-state index in [0.717, 1.165) is 0 Å². The molecule has 0 saturated carbocycles. The topological polar surface area (TPSA) is 351 Å². The number of nitrogens with two attached hydrogens (primary N) is 3. The number of carbonyl (C=O) groups excluding carboxylic acids is 7. The van der Waals surface area contributed by atoms with E-state index < -0.39 is 107 Å². The van der Waals surface area contributed by atoms with Crippen LogP contribution in [0.1, 0.15) is 105 Å². The number of amides is 7. The fourth-order valence-corrected chi connectivity index (χ4v) is 7.58. The van der Waals surface area contributed by atoms with Crippen LogP contribution in [0.3, 0.4) is 0 Å². The van der Waals surface area contributed by atoms with Crippen LogP contribution in [0.2, 0.25) is 0 Å². The number of rotatable bonds is 27. The summed E-state index contributed by atoms with van der Waals surface area (Å²) in [4.78, 5) is 122. The SMILES string of the molecule is CCC[C@H](NC(=O)[C@@H](NC(=O)[C@H](CCCN=C(N)N)NC(=O)C(C)(C)N)C(C)C)C(=O)N[C@H](C(=O)N[C@@H](Cc1cnc[nH]1)C(=O)N1CCC[C@H]1C(=O)N[C@@H](Cc1ccccc1)C(=O)O)[C@@H](C)CC. The molecule has 14 N–H and O–H groups in total. The molecule has 1 fully saturated rings. The number of guanidine groups is 1. The molecule has 1 aliphatic rings. The van der Waals surface area contributed by atoms with Gasteiger partial charge in [0.1, 0.15) is 42.3 Å². The number of nitrogens with one attached hydrogen (secondary N) is 7. The molecule has 2 heterocycles. The van der Waals surface area contributed by atoms with Crippen LogP contribution in [0.5, 0.6) is 0 Å². The van der Waals surface area contributed by atoms with Crippen LogP contribution in [0.4, 0.5) is 0 Å². The number of aliphatic imine (C=N–C) groups is 1. The molecule has 8 atom stereocenters. The van der Waals surface area contributed by atoms with E-state index >= 15 is 0 Å². The number of carboxylic acids is 1. The van der Waals surface area contributed by atoms with Gasteiger partial charge in [-0.3, -0.25) is 38.6 Å². The Morgan fingerprint density at radius 1 is 0.824 bits per heavy atom. The number of aromatic nitrogens is 2. The van der Waals surface area contributed by atoms with Crippen LogP contribution in [0.25, 0.3) is 0 Å². The summed E-state index contributed by atoms with van der Waals surface area (Å²) in [5.41, 5.74) is 16.7. The normalized spacial score (nSPS) is 16.7. The van der Waals surface area contributed by atoms with Crippen molar-refractivity contribution >= 4 is 53.3 Å². The Balaban J connectivity index is 1.82. The molecule has 2 aromatic rings. The van der Waals surface area contributed by atoms with Crippen molar-refractivity contribution in [2.45, 2.75) is 154 Å². The van der Waals surface area contributed by atoms with Gasteiger partial charge in [0.15, 0.2) is 5.96 Å². The summed E-state index contributed by atoms with van der Waals surface area (Å²) in [6.07, 6.45) is 5.06. The molecule has 0 radical (unpaired) electrons. The molecule has 1 aromatic heterocycles. The molecule has 7 amide bonds. The van der Waals surface area contributed by atoms with E-state index in [4.69, 9.17) is 17.2 Å². The van der Waals surface area contributed by atoms with Gasteiger partial charge in [0.2, 0.25) is 41.4 Å². The summed E-state index contributed by atoms with van der Waals surface area (Å²) >= 11 is 0. The highest BCUT2D eigenvalue weighted by Crippen LogP contribution is 2.21. The number of benzene rings is 1. The van der Waals surface area contributed by atoms with Gasteiger partial charge >= 0.3 is 5.97 Å². The Morgan fingerprint density at radius 3 is 2.00 bits per heavy atom. The highest BCUT2D eigenvalue weighted by molar-refractivity contribution is 5.98. The molecule has 3 rings (SSSR count). The van der Waals surface area contributed by atoms with Crippen LogP contribution < -0.4 is 49.1 Å². The lowest BCUT2D eigenvalue weighted by Crippen LogP contribution is -2.62. The van der Waals surface area contributed by atoms with E-state index in [9.17, 15) is 43.5 Å². The summed E-state index contributed by atoms with van der Waals surface area (Å²) in [7, 11) is 0. The van der Waals surface area contributed by atoms with Crippen LogP contribution in [-0.4, -0.2) is 134 Å². The van der Waals surface area contributed by atoms with E-state index in [-0.39, 0.29) is 51.2 Å². The van der Waals surface area contributed by atoms with Gasteiger partial charge in [-0.1, -0.05) is 77.8 Å². The van der Waals surface area contributed by atoms with Crippen molar-refractivity contribution in [2.75, 3.05) is 13.1 Å². The lowest BCUT2D eigenvalue weighted by Gasteiger charge is -2.32. The second kappa shape index (κ2) is 26.7. The smallest absolute Gasteiger partial charge is 0.326 e. The third-order valence-electron chi connectivity index (χ3n) is 11.7. The van der Waals surface area contributed by atoms with Crippen LogP contribution in [-0.2, 0) is 51.2 Å². The molecule has 0 unspecified atom stereocenters. The van der Waals surface area contributed by atoms with Gasteiger partial charge in [0, 0.05) is 37.8 Å². The zero-order valence-electron chi connectivity index (χ0n) is 40.3. The minimum absolute atomic E-state index is 0.0286. The summed E-state index contributed by atoms with van der Waals surface area (Å²) in [6.45, 7) is 12.1. The predicted molar refractivity (Wildman–Crippen MR) is 254 cm³/mol. The zero-order valence-corrected chi connectivity index (χ0v) is 40.3. The molecule has 0 aliphatic carbocycles. The van der Waals surface area contributed by atoms with Gasteiger partial charge in [-0.2, -0.15) is 0 Å². The second-order valence-corrected chi connectivity index (χ2v) is 18.3. The predicted octanol–water partition coefficient (Wildman–Crippen LogP) is -0.528. The summed E-state index contributed by atoms with van der Waals surface area (Å²) in [5, 5.41) is 26.3. The van der Waals surface area contributed by atoms with Gasteiger partial charge in [-0.05, 0) is 63.4 Å².